The topological polar surface area (TPSA) is 105 Å². The van der Waals surface area contributed by atoms with Gasteiger partial charge in [-0.3, -0.25) is 0 Å². The van der Waals surface area contributed by atoms with Crippen molar-refractivity contribution < 1.29 is 28.5 Å². The predicted octanol–water partition coefficient (Wildman–Crippen LogP) is 2.13. The van der Waals surface area contributed by atoms with E-state index in [2.05, 4.69) is 10.2 Å². The Hall–Kier alpha value is -3.92. The van der Waals surface area contributed by atoms with Crippen LogP contribution in [0.5, 0.6) is 5.75 Å². The second kappa shape index (κ2) is 8.67. The zero-order valence-electron chi connectivity index (χ0n) is 18.1. The first kappa shape index (κ1) is 21.3. The van der Waals surface area contributed by atoms with Crippen LogP contribution in [0, 0.1) is 6.92 Å². The SMILES string of the molecule is COC(=O)C1=C(C(=O)OC)N(c2cc3nn(-c4ccc(OC)cc4)nc3cc2C)COC1. The lowest BCUT2D eigenvalue weighted by Gasteiger charge is -2.32. The van der Waals surface area contributed by atoms with Gasteiger partial charge in [0.1, 0.15) is 29.2 Å². The molecule has 4 rings (SSSR count). The van der Waals surface area contributed by atoms with E-state index in [0.717, 1.165) is 17.0 Å². The van der Waals surface area contributed by atoms with E-state index in [4.69, 9.17) is 18.9 Å². The molecule has 0 saturated heterocycles. The largest absolute Gasteiger partial charge is 0.497 e. The van der Waals surface area contributed by atoms with Crippen LogP contribution in [0.2, 0.25) is 0 Å². The summed E-state index contributed by atoms with van der Waals surface area (Å²) in [6, 6.07) is 11.0. The highest BCUT2D eigenvalue weighted by Gasteiger charge is 2.33. The van der Waals surface area contributed by atoms with Gasteiger partial charge in [-0.1, -0.05) is 0 Å². The van der Waals surface area contributed by atoms with Crippen molar-refractivity contribution in [1.29, 1.82) is 0 Å². The van der Waals surface area contributed by atoms with E-state index >= 15 is 0 Å². The molecule has 10 heteroatoms. The van der Waals surface area contributed by atoms with Gasteiger partial charge in [-0.25, -0.2) is 9.59 Å². The van der Waals surface area contributed by atoms with E-state index in [1.807, 2.05) is 37.3 Å². The third-order valence-corrected chi connectivity index (χ3v) is 5.13. The van der Waals surface area contributed by atoms with Gasteiger partial charge in [-0.2, -0.15) is 4.80 Å². The fourth-order valence-corrected chi connectivity index (χ4v) is 3.51. The minimum atomic E-state index is -0.657. The first-order chi connectivity index (χ1) is 15.5. The number of carbonyl (C=O) groups is 2. The van der Waals surface area contributed by atoms with Crippen LogP contribution in [0.3, 0.4) is 0 Å². The number of fused-ring (bicyclic) bond motifs is 1. The van der Waals surface area contributed by atoms with E-state index in [9.17, 15) is 9.59 Å². The molecule has 0 amide bonds. The quantitative estimate of drug-likeness (QED) is 0.554. The standard InChI is InChI=1S/C22H22N4O6/c1-13-9-17-18(24-26(23-17)14-5-7-15(29-2)8-6-14)10-19(13)25-12-32-11-16(21(27)30-3)20(25)22(28)31-4/h5-10H,11-12H2,1-4H3. The summed E-state index contributed by atoms with van der Waals surface area (Å²) in [5.74, 6) is -0.577. The van der Waals surface area contributed by atoms with Gasteiger partial charge in [0.05, 0.1) is 39.2 Å². The molecule has 32 heavy (non-hydrogen) atoms. The van der Waals surface area contributed by atoms with Crippen molar-refractivity contribution in [3.05, 3.63) is 53.2 Å². The second-order valence-corrected chi connectivity index (χ2v) is 7.03. The molecule has 1 aliphatic heterocycles. The molecular formula is C22H22N4O6. The number of hydrogen-bond donors (Lipinski definition) is 0. The Morgan fingerprint density at radius 3 is 2.25 bits per heavy atom. The number of rotatable bonds is 5. The predicted molar refractivity (Wildman–Crippen MR) is 115 cm³/mol. The van der Waals surface area contributed by atoms with Crippen molar-refractivity contribution in [1.82, 2.24) is 15.0 Å². The van der Waals surface area contributed by atoms with Gasteiger partial charge in [0, 0.05) is 5.69 Å². The van der Waals surface area contributed by atoms with Crippen LogP contribution >= 0.6 is 0 Å². The number of hydrogen-bond acceptors (Lipinski definition) is 9. The number of aryl methyl sites for hydroxylation is 1. The summed E-state index contributed by atoms with van der Waals surface area (Å²) in [7, 11) is 4.11. The molecule has 10 nitrogen and oxygen atoms in total. The van der Waals surface area contributed by atoms with Gasteiger partial charge in [0.25, 0.3) is 0 Å². The molecule has 2 heterocycles. The van der Waals surface area contributed by atoms with Crippen molar-refractivity contribution in [2.45, 2.75) is 6.92 Å². The summed E-state index contributed by atoms with van der Waals surface area (Å²) in [5, 5.41) is 9.12. The van der Waals surface area contributed by atoms with Crippen molar-refractivity contribution in [3.8, 4) is 11.4 Å². The lowest BCUT2D eigenvalue weighted by molar-refractivity contribution is -0.140. The fraction of sp³-hybridized carbons (Fsp3) is 0.273. The minimum Gasteiger partial charge on any atom is -0.497 e. The van der Waals surface area contributed by atoms with Crippen molar-refractivity contribution in [3.63, 3.8) is 0 Å². The highest BCUT2D eigenvalue weighted by atomic mass is 16.5. The maximum atomic E-state index is 12.6. The lowest BCUT2D eigenvalue weighted by atomic mass is 10.1. The zero-order chi connectivity index (χ0) is 22.8. The maximum Gasteiger partial charge on any atom is 0.355 e. The average molecular weight is 438 g/mol. The van der Waals surface area contributed by atoms with E-state index in [0.29, 0.717) is 16.7 Å². The van der Waals surface area contributed by atoms with Crippen LogP contribution in [-0.4, -0.2) is 61.6 Å². The summed E-state index contributed by atoms with van der Waals surface area (Å²) in [6.45, 7) is 1.88. The smallest absolute Gasteiger partial charge is 0.355 e. The fourth-order valence-electron chi connectivity index (χ4n) is 3.51. The Labute approximate surface area is 183 Å². The number of methoxy groups -OCH3 is 3. The van der Waals surface area contributed by atoms with Crippen LogP contribution in [0.25, 0.3) is 16.7 Å². The first-order valence-corrected chi connectivity index (χ1v) is 9.74. The maximum absolute atomic E-state index is 12.6. The van der Waals surface area contributed by atoms with Crippen molar-refractivity contribution in [2.24, 2.45) is 0 Å². The molecule has 0 bridgehead atoms. The van der Waals surface area contributed by atoms with Crippen LogP contribution in [-0.2, 0) is 23.8 Å². The number of ether oxygens (including phenoxy) is 4. The second-order valence-electron chi connectivity index (χ2n) is 7.03. The normalized spacial score (nSPS) is 13.9. The van der Waals surface area contributed by atoms with E-state index < -0.39 is 11.9 Å². The highest BCUT2D eigenvalue weighted by molar-refractivity contribution is 6.04. The van der Waals surface area contributed by atoms with E-state index in [1.54, 1.807) is 18.1 Å². The molecule has 3 aromatic rings. The molecule has 0 aliphatic carbocycles. The Bertz CT molecular complexity index is 1220. The molecule has 0 radical (unpaired) electrons. The molecule has 2 aromatic carbocycles. The molecular weight excluding hydrogens is 416 g/mol. The molecule has 0 N–H and O–H groups in total. The summed E-state index contributed by atoms with van der Waals surface area (Å²) in [6.07, 6.45) is 0. The third-order valence-electron chi connectivity index (χ3n) is 5.13. The van der Waals surface area contributed by atoms with Crippen LogP contribution < -0.4 is 9.64 Å². The number of anilines is 1. The lowest BCUT2D eigenvalue weighted by Crippen LogP contribution is -2.39. The van der Waals surface area contributed by atoms with Gasteiger partial charge >= 0.3 is 11.9 Å². The van der Waals surface area contributed by atoms with Gasteiger partial charge in [-0.15, -0.1) is 10.2 Å². The molecule has 166 valence electrons. The molecule has 0 saturated carbocycles. The minimum absolute atomic E-state index is 0.0530. The Morgan fingerprint density at radius 1 is 0.969 bits per heavy atom. The number of benzene rings is 2. The molecule has 0 fully saturated rings. The van der Waals surface area contributed by atoms with E-state index in [1.165, 1.54) is 19.0 Å². The zero-order valence-corrected chi connectivity index (χ0v) is 18.1. The van der Waals surface area contributed by atoms with Gasteiger partial charge < -0.3 is 23.8 Å². The first-order valence-electron chi connectivity index (χ1n) is 9.74. The van der Waals surface area contributed by atoms with E-state index in [-0.39, 0.29) is 24.6 Å². The summed E-state index contributed by atoms with van der Waals surface area (Å²) in [5.41, 5.74) is 3.68. The van der Waals surface area contributed by atoms with Crippen LogP contribution in [0.1, 0.15) is 5.56 Å². The Morgan fingerprint density at radius 2 is 1.62 bits per heavy atom. The molecule has 1 aliphatic rings. The molecule has 0 atom stereocenters. The van der Waals surface area contributed by atoms with Crippen molar-refractivity contribution >= 4 is 28.7 Å². The number of esters is 2. The Kier molecular flexibility index (Phi) is 5.78. The number of carbonyl (C=O) groups excluding carboxylic acids is 2. The third kappa shape index (κ3) is 3.76. The van der Waals surface area contributed by atoms with Crippen molar-refractivity contribution in [2.75, 3.05) is 39.6 Å². The molecule has 1 aromatic heterocycles. The summed E-state index contributed by atoms with van der Waals surface area (Å²) in [4.78, 5) is 27.9. The summed E-state index contributed by atoms with van der Waals surface area (Å²) >= 11 is 0. The number of aromatic nitrogens is 3. The number of nitrogens with zero attached hydrogens (tertiary/aromatic N) is 4. The molecule has 0 spiro atoms. The average Bonchev–Trinajstić information content (AvgIpc) is 3.24. The molecule has 0 unspecified atom stereocenters. The van der Waals surface area contributed by atoms with Crippen LogP contribution in [0.15, 0.2) is 47.7 Å². The van der Waals surface area contributed by atoms with Gasteiger partial charge in [0.2, 0.25) is 0 Å². The monoisotopic (exact) mass is 438 g/mol. The van der Waals surface area contributed by atoms with Gasteiger partial charge in [-0.05, 0) is 48.9 Å². The van der Waals surface area contributed by atoms with Crippen LogP contribution in [0.4, 0.5) is 5.69 Å². The Balaban J connectivity index is 1.80. The summed E-state index contributed by atoms with van der Waals surface area (Å²) < 4.78 is 20.5. The van der Waals surface area contributed by atoms with Gasteiger partial charge in [0.15, 0.2) is 0 Å². The highest BCUT2D eigenvalue weighted by Crippen LogP contribution is 2.32.